The van der Waals surface area contributed by atoms with Crippen LogP contribution in [0.25, 0.3) is 0 Å². The maximum Gasteiger partial charge on any atom is 0.289 e. The Hall–Kier alpha value is -1.18. The van der Waals surface area contributed by atoms with Gasteiger partial charge < -0.3 is 0 Å². The summed E-state index contributed by atoms with van der Waals surface area (Å²) in [5.74, 6) is 0. The molecule has 0 aromatic heterocycles. The van der Waals surface area contributed by atoms with Gasteiger partial charge in [0.2, 0.25) is 10.0 Å². The lowest BCUT2D eigenvalue weighted by Crippen LogP contribution is -2.41. The topological polar surface area (TPSA) is 80.5 Å². The smallest absolute Gasteiger partial charge is 0.258 e. The fourth-order valence-electron chi connectivity index (χ4n) is 2.16. The van der Waals surface area contributed by atoms with Gasteiger partial charge in [-0.3, -0.25) is 10.1 Å². The Labute approximate surface area is 122 Å². The molecule has 0 heterocycles. The number of rotatable bonds is 4. The van der Waals surface area contributed by atoms with Crippen molar-refractivity contribution < 1.29 is 13.3 Å². The first-order valence-corrected chi connectivity index (χ1v) is 7.99. The van der Waals surface area contributed by atoms with E-state index >= 15 is 0 Å². The number of nitrogens with zero attached hydrogens (tertiary/aromatic N) is 2. The molecule has 1 saturated carbocycles. The molecule has 0 amide bonds. The van der Waals surface area contributed by atoms with Crippen molar-refractivity contribution in [3.8, 4) is 0 Å². The molecule has 20 heavy (non-hydrogen) atoms. The fourth-order valence-corrected chi connectivity index (χ4v) is 4.09. The molecule has 1 aliphatic rings. The highest BCUT2D eigenvalue weighted by Gasteiger charge is 2.34. The van der Waals surface area contributed by atoms with Gasteiger partial charge in [-0.1, -0.05) is 18.0 Å². The fraction of sp³-hybridized carbons (Fsp3) is 0.500. The molecule has 6 nitrogen and oxygen atoms in total. The van der Waals surface area contributed by atoms with Gasteiger partial charge in [-0.15, -0.1) is 0 Å². The molecule has 1 fully saturated rings. The Kier molecular flexibility index (Phi) is 4.04. The number of halogens is 1. The molecule has 0 unspecified atom stereocenters. The van der Waals surface area contributed by atoms with E-state index in [1.807, 2.05) is 0 Å². The molecular formula is C12H15ClN2O4S. The van der Waals surface area contributed by atoms with Gasteiger partial charge >= 0.3 is 0 Å². The Morgan fingerprint density at radius 1 is 1.40 bits per heavy atom. The van der Waals surface area contributed by atoms with Crippen LogP contribution < -0.4 is 0 Å². The highest BCUT2D eigenvalue weighted by atomic mass is 35.5. The van der Waals surface area contributed by atoms with Crippen LogP contribution in [0.4, 0.5) is 5.69 Å². The van der Waals surface area contributed by atoms with E-state index in [-0.39, 0.29) is 16.0 Å². The molecule has 0 spiro atoms. The zero-order chi connectivity index (χ0) is 15.1. The van der Waals surface area contributed by atoms with Crippen molar-refractivity contribution in [2.75, 3.05) is 7.05 Å². The van der Waals surface area contributed by atoms with Crippen molar-refractivity contribution in [1.29, 1.82) is 0 Å². The Bertz CT molecular complexity index is 656. The van der Waals surface area contributed by atoms with Crippen LogP contribution in [0, 0.1) is 17.0 Å². The van der Waals surface area contributed by atoms with Gasteiger partial charge in [-0.25, -0.2) is 8.42 Å². The largest absolute Gasteiger partial charge is 0.289 e. The summed E-state index contributed by atoms with van der Waals surface area (Å²) in [6, 6.07) is 2.35. The molecule has 110 valence electrons. The van der Waals surface area contributed by atoms with Crippen molar-refractivity contribution in [2.45, 2.75) is 37.1 Å². The first kappa shape index (κ1) is 15.2. The van der Waals surface area contributed by atoms with E-state index in [9.17, 15) is 18.5 Å². The van der Waals surface area contributed by atoms with Crippen LogP contribution in [-0.4, -0.2) is 30.7 Å². The monoisotopic (exact) mass is 318 g/mol. The summed E-state index contributed by atoms with van der Waals surface area (Å²) in [6.07, 6.45) is 2.65. The summed E-state index contributed by atoms with van der Waals surface area (Å²) in [5, 5.41) is 10.8. The maximum atomic E-state index is 12.5. The number of sulfonamides is 1. The van der Waals surface area contributed by atoms with Gasteiger partial charge in [0.25, 0.3) is 5.69 Å². The van der Waals surface area contributed by atoms with E-state index in [1.54, 1.807) is 6.92 Å². The summed E-state index contributed by atoms with van der Waals surface area (Å²) in [7, 11) is -2.22. The average Bonchev–Trinajstić information content (AvgIpc) is 2.25. The van der Waals surface area contributed by atoms with Crippen LogP contribution in [0.1, 0.15) is 24.8 Å². The van der Waals surface area contributed by atoms with E-state index in [0.29, 0.717) is 5.56 Å². The van der Waals surface area contributed by atoms with Gasteiger partial charge in [0.1, 0.15) is 5.02 Å². The molecule has 0 radical (unpaired) electrons. The van der Waals surface area contributed by atoms with Gasteiger partial charge in [-0.2, -0.15) is 4.31 Å². The molecule has 0 aliphatic heterocycles. The number of benzene rings is 1. The molecule has 0 atom stereocenters. The van der Waals surface area contributed by atoms with Crippen LogP contribution in [0.3, 0.4) is 0 Å². The minimum atomic E-state index is -3.73. The van der Waals surface area contributed by atoms with E-state index in [2.05, 4.69) is 0 Å². The second kappa shape index (κ2) is 5.31. The number of hydrogen-bond acceptors (Lipinski definition) is 4. The summed E-state index contributed by atoms with van der Waals surface area (Å²) >= 11 is 5.78. The predicted octanol–water partition coefficient (Wildman–Crippen LogP) is 2.73. The van der Waals surface area contributed by atoms with E-state index in [4.69, 9.17) is 11.6 Å². The summed E-state index contributed by atoms with van der Waals surface area (Å²) in [5.41, 5.74) is 0.0182. The second-order valence-electron chi connectivity index (χ2n) is 4.93. The summed E-state index contributed by atoms with van der Waals surface area (Å²) < 4.78 is 26.4. The average molecular weight is 319 g/mol. The second-order valence-corrected chi connectivity index (χ2v) is 7.31. The first-order chi connectivity index (χ1) is 9.25. The molecule has 1 aromatic carbocycles. The van der Waals surface area contributed by atoms with Gasteiger partial charge in [0.05, 0.1) is 9.82 Å². The Morgan fingerprint density at radius 3 is 2.45 bits per heavy atom. The van der Waals surface area contributed by atoms with Crippen molar-refractivity contribution >= 4 is 27.3 Å². The van der Waals surface area contributed by atoms with Crippen molar-refractivity contribution in [1.82, 2.24) is 4.31 Å². The third kappa shape index (κ3) is 2.53. The zero-order valence-corrected chi connectivity index (χ0v) is 12.7. The van der Waals surface area contributed by atoms with Crippen molar-refractivity contribution in [2.24, 2.45) is 0 Å². The third-order valence-corrected chi connectivity index (χ3v) is 6.04. The lowest BCUT2D eigenvalue weighted by atomic mass is 9.94. The molecule has 1 aliphatic carbocycles. The Balaban J connectivity index is 2.50. The van der Waals surface area contributed by atoms with Gasteiger partial charge in [-0.05, 0) is 31.4 Å². The number of aryl methyl sites for hydroxylation is 1. The molecule has 0 saturated heterocycles. The quantitative estimate of drug-likeness (QED) is 0.631. The Morgan fingerprint density at radius 2 is 2.00 bits per heavy atom. The third-order valence-electron chi connectivity index (χ3n) is 3.69. The lowest BCUT2D eigenvalue weighted by Gasteiger charge is -2.34. The molecule has 0 bridgehead atoms. The summed E-state index contributed by atoms with van der Waals surface area (Å²) in [6.45, 7) is 1.58. The zero-order valence-electron chi connectivity index (χ0n) is 11.2. The number of nitro benzene ring substituents is 1. The molecule has 1 aromatic rings. The normalized spacial score (nSPS) is 16.2. The summed E-state index contributed by atoms with van der Waals surface area (Å²) in [4.78, 5) is 10.2. The highest BCUT2D eigenvalue weighted by Crippen LogP contribution is 2.34. The minimum absolute atomic E-state index is 0.0193. The van der Waals surface area contributed by atoms with Crippen molar-refractivity contribution in [3.05, 3.63) is 32.8 Å². The minimum Gasteiger partial charge on any atom is -0.258 e. The molecular weight excluding hydrogens is 304 g/mol. The lowest BCUT2D eigenvalue weighted by molar-refractivity contribution is -0.384. The van der Waals surface area contributed by atoms with Crippen LogP contribution in [0.5, 0.6) is 0 Å². The number of nitro groups is 1. The van der Waals surface area contributed by atoms with E-state index in [0.717, 1.165) is 25.3 Å². The van der Waals surface area contributed by atoms with Crippen LogP contribution in [0.2, 0.25) is 5.02 Å². The molecule has 8 heteroatoms. The highest BCUT2D eigenvalue weighted by molar-refractivity contribution is 7.89. The standard InChI is InChI=1S/C12H15ClN2O4S/c1-8-6-10(13)11(15(16)17)7-12(8)20(18,19)14(2)9-4-3-5-9/h6-7,9H,3-5H2,1-2H3. The van der Waals surface area contributed by atoms with E-state index in [1.165, 1.54) is 17.4 Å². The van der Waals surface area contributed by atoms with Crippen LogP contribution in [-0.2, 0) is 10.0 Å². The first-order valence-electron chi connectivity index (χ1n) is 6.17. The maximum absolute atomic E-state index is 12.5. The van der Waals surface area contributed by atoms with E-state index < -0.39 is 20.6 Å². The van der Waals surface area contributed by atoms with Crippen LogP contribution in [0.15, 0.2) is 17.0 Å². The molecule has 2 rings (SSSR count). The van der Waals surface area contributed by atoms with Crippen LogP contribution >= 0.6 is 11.6 Å². The van der Waals surface area contributed by atoms with Gasteiger partial charge in [0, 0.05) is 19.2 Å². The predicted molar refractivity (Wildman–Crippen MR) is 75.4 cm³/mol. The van der Waals surface area contributed by atoms with Crippen molar-refractivity contribution in [3.63, 3.8) is 0 Å². The van der Waals surface area contributed by atoms with Gasteiger partial charge in [0.15, 0.2) is 0 Å². The molecule has 0 N–H and O–H groups in total. The SMILES string of the molecule is Cc1cc(Cl)c([N+](=O)[O-])cc1S(=O)(=O)N(C)C1CCC1. The number of hydrogen-bond donors (Lipinski definition) is 0.